The highest BCUT2D eigenvalue weighted by atomic mass is 16.1. The molecule has 0 aromatic heterocycles. The number of benzene rings is 1. The van der Waals surface area contributed by atoms with Gasteiger partial charge in [0.15, 0.2) is 5.78 Å². The second-order valence-electron chi connectivity index (χ2n) is 10.7. The van der Waals surface area contributed by atoms with Crippen molar-refractivity contribution in [1.82, 2.24) is 0 Å². The summed E-state index contributed by atoms with van der Waals surface area (Å²) in [5, 5.41) is 0. The Hall–Kier alpha value is -1.63. The first-order valence-corrected chi connectivity index (χ1v) is 10.1. The zero-order valence-corrected chi connectivity index (χ0v) is 17.3. The SMILES string of the molecule is CC(C)(C)C1=CC23CCc4cc(C(C)(C)C)cc(c4C2)CCC(=C1)C3=O. The maximum atomic E-state index is 13.4. The summed E-state index contributed by atoms with van der Waals surface area (Å²) in [6.07, 6.45) is 9.32. The number of aryl methyl sites for hydroxylation is 2. The molecule has 3 aliphatic rings. The molecule has 1 nitrogen and oxygen atoms in total. The van der Waals surface area contributed by atoms with Crippen molar-refractivity contribution in [3.05, 3.63) is 57.7 Å². The van der Waals surface area contributed by atoms with E-state index in [0.717, 1.165) is 37.7 Å². The summed E-state index contributed by atoms with van der Waals surface area (Å²) in [5.41, 5.74) is 8.29. The molecule has 3 bridgehead atoms. The van der Waals surface area contributed by atoms with Crippen LogP contribution >= 0.6 is 0 Å². The van der Waals surface area contributed by atoms with Gasteiger partial charge in [-0.15, -0.1) is 0 Å². The minimum atomic E-state index is -0.294. The van der Waals surface area contributed by atoms with Crippen LogP contribution in [0.15, 0.2) is 35.4 Å². The fourth-order valence-electron chi connectivity index (χ4n) is 4.85. The minimum Gasteiger partial charge on any atom is -0.294 e. The van der Waals surface area contributed by atoms with Crippen LogP contribution in [0.1, 0.15) is 76.6 Å². The van der Waals surface area contributed by atoms with Crippen LogP contribution < -0.4 is 0 Å². The van der Waals surface area contributed by atoms with Crippen molar-refractivity contribution in [3.8, 4) is 0 Å². The van der Waals surface area contributed by atoms with Gasteiger partial charge in [-0.1, -0.05) is 65.8 Å². The lowest BCUT2D eigenvalue weighted by Crippen LogP contribution is -2.41. The molecule has 0 heterocycles. The molecule has 0 fully saturated rings. The van der Waals surface area contributed by atoms with Crippen LogP contribution in [0, 0.1) is 10.8 Å². The second-order valence-corrected chi connectivity index (χ2v) is 10.7. The average molecular weight is 349 g/mol. The van der Waals surface area contributed by atoms with Gasteiger partial charge in [0.1, 0.15) is 0 Å². The van der Waals surface area contributed by atoms with Gasteiger partial charge in [-0.25, -0.2) is 0 Å². The zero-order chi connectivity index (χ0) is 18.9. The van der Waals surface area contributed by atoms with Crippen molar-refractivity contribution in [2.24, 2.45) is 10.8 Å². The number of hydrogen-bond donors (Lipinski definition) is 0. The van der Waals surface area contributed by atoms with Crippen LogP contribution in [0.5, 0.6) is 0 Å². The molecule has 1 atom stereocenters. The number of ketones is 1. The Bertz CT molecular complexity index is 851. The van der Waals surface area contributed by atoms with Crippen molar-refractivity contribution in [3.63, 3.8) is 0 Å². The second kappa shape index (κ2) is 5.44. The maximum Gasteiger partial charge on any atom is 0.169 e. The van der Waals surface area contributed by atoms with Crippen LogP contribution in [0.25, 0.3) is 0 Å². The zero-order valence-electron chi connectivity index (χ0n) is 17.3. The van der Waals surface area contributed by atoms with E-state index in [1.54, 1.807) is 0 Å². The Morgan fingerprint density at radius 1 is 0.885 bits per heavy atom. The third kappa shape index (κ3) is 2.71. The molecule has 1 unspecified atom stereocenters. The molecule has 1 aromatic rings. The highest BCUT2D eigenvalue weighted by Crippen LogP contribution is 2.49. The van der Waals surface area contributed by atoms with E-state index in [2.05, 4.69) is 65.8 Å². The number of allylic oxidation sites excluding steroid dienone is 4. The Balaban J connectivity index is 1.89. The summed E-state index contributed by atoms with van der Waals surface area (Å²) in [4.78, 5) is 13.4. The van der Waals surface area contributed by atoms with Gasteiger partial charge in [-0.2, -0.15) is 0 Å². The van der Waals surface area contributed by atoms with Crippen molar-refractivity contribution in [1.29, 1.82) is 0 Å². The average Bonchev–Trinajstić information content (AvgIpc) is 2.53. The van der Waals surface area contributed by atoms with Crippen LogP contribution in [-0.2, 0) is 29.5 Å². The number of fused-ring (bicyclic) bond motifs is 1. The molecule has 1 aromatic carbocycles. The Kier molecular flexibility index (Phi) is 3.72. The molecule has 26 heavy (non-hydrogen) atoms. The Labute approximate surface area is 158 Å². The number of carbonyl (C=O) groups is 1. The van der Waals surface area contributed by atoms with Crippen LogP contribution in [0.2, 0.25) is 0 Å². The highest BCUT2D eigenvalue weighted by molar-refractivity contribution is 6.03. The highest BCUT2D eigenvalue weighted by Gasteiger charge is 2.45. The quantitative estimate of drug-likeness (QED) is 0.571. The normalized spacial score (nSPS) is 25.2. The fraction of sp³-hybridized carbons (Fsp3) is 0.560. The van der Waals surface area contributed by atoms with E-state index in [-0.39, 0.29) is 16.2 Å². The lowest BCUT2D eigenvalue weighted by Gasteiger charge is -2.42. The lowest BCUT2D eigenvalue weighted by atomic mass is 9.60. The summed E-state index contributed by atoms with van der Waals surface area (Å²) in [6, 6.07) is 4.85. The summed E-state index contributed by atoms with van der Waals surface area (Å²) < 4.78 is 0. The minimum absolute atomic E-state index is 0.0946. The molecule has 138 valence electrons. The fourth-order valence-corrected chi connectivity index (χ4v) is 4.85. The molecule has 0 saturated heterocycles. The Morgan fingerprint density at radius 2 is 1.54 bits per heavy atom. The molecule has 0 N–H and O–H groups in total. The third-order valence-electron chi connectivity index (χ3n) is 6.67. The predicted molar refractivity (Wildman–Crippen MR) is 109 cm³/mol. The van der Waals surface area contributed by atoms with Gasteiger partial charge in [0, 0.05) is 0 Å². The molecule has 3 aliphatic carbocycles. The van der Waals surface area contributed by atoms with E-state index in [0.29, 0.717) is 5.78 Å². The van der Waals surface area contributed by atoms with Crippen LogP contribution in [0.3, 0.4) is 0 Å². The van der Waals surface area contributed by atoms with Crippen LogP contribution in [0.4, 0.5) is 0 Å². The molecule has 0 radical (unpaired) electrons. The molecule has 1 spiro atoms. The first-order chi connectivity index (χ1) is 12.0. The number of hydrogen-bond acceptors (Lipinski definition) is 1. The summed E-state index contributed by atoms with van der Waals surface area (Å²) in [5.74, 6) is 0.404. The monoisotopic (exact) mass is 348 g/mol. The maximum absolute atomic E-state index is 13.4. The third-order valence-corrected chi connectivity index (χ3v) is 6.67. The standard InChI is InChI=1S/C25H32O/c1-23(2,3)19-11-16-7-8-18-13-20(24(4,5)6)14-25(22(18)26)10-9-17(12-19)21(16)15-25/h11-14H,7-10,15H2,1-6H3. The van der Waals surface area contributed by atoms with E-state index in [1.165, 1.54) is 27.8 Å². The van der Waals surface area contributed by atoms with E-state index in [9.17, 15) is 4.79 Å². The van der Waals surface area contributed by atoms with Crippen molar-refractivity contribution >= 4 is 5.78 Å². The van der Waals surface area contributed by atoms with E-state index >= 15 is 0 Å². The van der Waals surface area contributed by atoms with Crippen molar-refractivity contribution in [2.75, 3.05) is 0 Å². The molecular formula is C25H32O. The molecule has 4 rings (SSSR count). The molecule has 1 heteroatoms. The topological polar surface area (TPSA) is 17.1 Å². The van der Waals surface area contributed by atoms with Gasteiger partial charge in [0.05, 0.1) is 5.41 Å². The largest absolute Gasteiger partial charge is 0.294 e. The summed E-state index contributed by atoms with van der Waals surface area (Å²) in [6.45, 7) is 13.7. The van der Waals surface area contributed by atoms with Gasteiger partial charge in [-0.05, 0) is 76.3 Å². The molecule has 0 amide bonds. The number of carbonyl (C=O) groups excluding carboxylic acids is 1. The van der Waals surface area contributed by atoms with Gasteiger partial charge >= 0.3 is 0 Å². The van der Waals surface area contributed by atoms with Gasteiger partial charge < -0.3 is 0 Å². The smallest absolute Gasteiger partial charge is 0.169 e. The first-order valence-electron chi connectivity index (χ1n) is 10.1. The van der Waals surface area contributed by atoms with E-state index in [1.807, 2.05) is 0 Å². The molecule has 0 saturated carbocycles. The first kappa shape index (κ1) is 17.8. The number of Topliss-reactive ketones (excluding diaryl/α,β-unsaturated/α-hetero) is 1. The van der Waals surface area contributed by atoms with E-state index in [4.69, 9.17) is 0 Å². The Morgan fingerprint density at radius 3 is 2.15 bits per heavy atom. The van der Waals surface area contributed by atoms with Crippen molar-refractivity contribution in [2.45, 2.75) is 79.1 Å². The van der Waals surface area contributed by atoms with Crippen LogP contribution in [-0.4, -0.2) is 5.78 Å². The number of rotatable bonds is 0. The van der Waals surface area contributed by atoms with E-state index < -0.39 is 0 Å². The lowest BCUT2D eigenvalue weighted by molar-refractivity contribution is -0.123. The molecular weight excluding hydrogens is 316 g/mol. The summed E-state index contributed by atoms with van der Waals surface area (Å²) in [7, 11) is 0. The molecule has 0 aliphatic heterocycles. The van der Waals surface area contributed by atoms with Crippen molar-refractivity contribution < 1.29 is 4.79 Å². The predicted octanol–water partition coefficient (Wildman–Crippen LogP) is 5.89. The van der Waals surface area contributed by atoms with Gasteiger partial charge in [-0.3, -0.25) is 4.79 Å². The van der Waals surface area contributed by atoms with Gasteiger partial charge in [0.25, 0.3) is 0 Å². The summed E-state index contributed by atoms with van der Waals surface area (Å²) >= 11 is 0. The van der Waals surface area contributed by atoms with Gasteiger partial charge in [0.2, 0.25) is 0 Å².